The van der Waals surface area contributed by atoms with Crippen LogP contribution in [0.25, 0.3) is 0 Å². The summed E-state index contributed by atoms with van der Waals surface area (Å²) in [5.41, 5.74) is 2.28. The summed E-state index contributed by atoms with van der Waals surface area (Å²) >= 11 is 0. The van der Waals surface area contributed by atoms with Gasteiger partial charge in [-0.15, -0.1) is 0 Å². The Kier molecular flexibility index (Phi) is 3.88. The van der Waals surface area contributed by atoms with Crippen LogP contribution in [0.4, 0.5) is 0 Å². The van der Waals surface area contributed by atoms with Gasteiger partial charge in [0.1, 0.15) is 5.75 Å². The molecule has 0 aromatic heterocycles. The van der Waals surface area contributed by atoms with Gasteiger partial charge in [-0.05, 0) is 57.4 Å². The number of methoxy groups -OCH3 is 1. The van der Waals surface area contributed by atoms with Gasteiger partial charge in [0.25, 0.3) is 0 Å². The number of aliphatic hydroxyl groups is 1. The predicted molar refractivity (Wildman–Crippen MR) is 77.8 cm³/mol. The number of rotatable bonds is 3. The van der Waals surface area contributed by atoms with E-state index >= 15 is 0 Å². The average Bonchev–Trinajstić information content (AvgIpc) is 2.37. The third-order valence-corrected chi connectivity index (χ3v) is 4.30. The van der Waals surface area contributed by atoms with Crippen molar-refractivity contribution >= 4 is 0 Å². The Balaban J connectivity index is 2.38. The first-order chi connectivity index (χ1) is 8.92. The second kappa shape index (κ2) is 5.14. The molecule has 2 rings (SSSR count). The van der Waals surface area contributed by atoms with Gasteiger partial charge in [0.2, 0.25) is 0 Å². The van der Waals surface area contributed by atoms with Gasteiger partial charge >= 0.3 is 0 Å². The van der Waals surface area contributed by atoms with Crippen molar-refractivity contribution in [1.82, 2.24) is 5.32 Å². The van der Waals surface area contributed by atoms with E-state index in [2.05, 4.69) is 38.2 Å². The topological polar surface area (TPSA) is 41.5 Å². The van der Waals surface area contributed by atoms with E-state index in [9.17, 15) is 5.11 Å². The van der Waals surface area contributed by atoms with E-state index in [0.29, 0.717) is 0 Å². The van der Waals surface area contributed by atoms with Crippen molar-refractivity contribution < 1.29 is 9.84 Å². The minimum absolute atomic E-state index is 0.0643. The van der Waals surface area contributed by atoms with Crippen LogP contribution in [0.1, 0.15) is 37.8 Å². The largest absolute Gasteiger partial charge is 0.496 e. The zero-order valence-electron chi connectivity index (χ0n) is 12.4. The third-order valence-electron chi connectivity index (χ3n) is 4.30. The molecule has 2 N–H and O–H groups in total. The van der Waals surface area contributed by atoms with E-state index in [1.165, 1.54) is 5.56 Å². The number of benzene rings is 1. The maximum absolute atomic E-state index is 9.99. The van der Waals surface area contributed by atoms with Gasteiger partial charge in [-0.2, -0.15) is 0 Å². The monoisotopic (exact) mass is 263 g/mol. The van der Waals surface area contributed by atoms with Crippen LogP contribution in [0.3, 0.4) is 0 Å². The summed E-state index contributed by atoms with van der Waals surface area (Å²) in [7, 11) is 1.69. The highest BCUT2D eigenvalue weighted by Gasteiger charge is 2.40. The van der Waals surface area contributed by atoms with Gasteiger partial charge in [0, 0.05) is 11.0 Å². The standard InChI is InChI=1S/C16H25NO2/c1-12-9-13(5-6-14(12)19-4)16(11-18)7-8-17-15(2,3)10-16/h5-6,9,17-18H,7-8,10-11H2,1-4H3. The summed E-state index contributed by atoms with van der Waals surface area (Å²) in [4.78, 5) is 0. The van der Waals surface area contributed by atoms with Crippen molar-refractivity contribution in [2.24, 2.45) is 0 Å². The second-order valence-electron chi connectivity index (χ2n) is 6.36. The lowest BCUT2D eigenvalue weighted by atomic mass is 9.68. The van der Waals surface area contributed by atoms with Crippen LogP contribution < -0.4 is 10.1 Å². The molecule has 1 aromatic carbocycles. The molecular formula is C16H25NO2. The molecule has 0 saturated carbocycles. The summed E-state index contributed by atoms with van der Waals surface area (Å²) in [5.74, 6) is 0.907. The van der Waals surface area contributed by atoms with E-state index in [-0.39, 0.29) is 17.6 Å². The SMILES string of the molecule is COc1ccc(C2(CO)CCNC(C)(C)C2)cc1C. The molecule has 0 radical (unpaired) electrons. The van der Waals surface area contributed by atoms with Crippen LogP contribution in [0.15, 0.2) is 18.2 Å². The van der Waals surface area contributed by atoms with Gasteiger partial charge in [0.15, 0.2) is 0 Å². The zero-order chi connectivity index (χ0) is 14.1. The van der Waals surface area contributed by atoms with Crippen molar-refractivity contribution in [3.63, 3.8) is 0 Å². The number of ether oxygens (including phenoxy) is 1. The Morgan fingerprint density at radius 3 is 2.63 bits per heavy atom. The van der Waals surface area contributed by atoms with Crippen LogP contribution in [-0.4, -0.2) is 30.9 Å². The highest BCUT2D eigenvalue weighted by Crippen LogP contribution is 2.39. The van der Waals surface area contributed by atoms with Crippen molar-refractivity contribution in [2.75, 3.05) is 20.3 Å². The highest BCUT2D eigenvalue weighted by atomic mass is 16.5. The number of piperidine rings is 1. The summed E-state index contributed by atoms with van der Waals surface area (Å²) in [6, 6.07) is 6.27. The maximum atomic E-state index is 9.99. The van der Waals surface area contributed by atoms with E-state index in [1.807, 2.05) is 6.07 Å². The number of nitrogens with one attached hydrogen (secondary N) is 1. The lowest BCUT2D eigenvalue weighted by molar-refractivity contribution is 0.112. The molecule has 1 heterocycles. The molecule has 1 fully saturated rings. The molecule has 1 unspecified atom stereocenters. The quantitative estimate of drug-likeness (QED) is 0.880. The fourth-order valence-electron chi connectivity index (χ4n) is 3.32. The first kappa shape index (κ1) is 14.4. The van der Waals surface area contributed by atoms with Crippen molar-refractivity contribution in [1.29, 1.82) is 0 Å². The predicted octanol–water partition coefficient (Wildman–Crippen LogP) is 2.40. The van der Waals surface area contributed by atoms with Gasteiger partial charge in [-0.3, -0.25) is 0 Å². The van der Waals surface area contributed by atoms with Gasteiger partial charge in [-0.1, -0.05) is 12.1 Å². The van der Waals surface area contributed by atoms with Gasteiger partial charge in [0.05, 0.1) is 13.7 Å². The molecule has 1 aliphatic rings. The Morgan fingerprint density at radius 1 is 1.37 bits per heavy atom. The fourth-order valence-corrected chi connectivity index (χ4v) is 3.32. The highest BCUT2D eigenvalue weighted by molar-refractivity contribution is 5.40. The lowest BCUT2D eigenvalue weighted by Gasteiger charge is -2.45. The summed E-state index contributed by atoms with van der Waals surface area (Å²) < 4.78 is 5.32. The minimum Gasteiger partial charge on any atom is -0.496 e. The molecule has 19 heavy (non-hydrogen) atoms. The van der Waals surface area contributed by atoms with Crippen molar-refractivity contribution in [3.8, 4) is 5.75 Å². The number of hydrogen-bond donors (Lipinski definition) is 2. The van der Waals surface area contributed by atoms with E-state index in [0.717, 1.165) is 30.7 Å². The normalized spacial score (nSPS) is 26.2. The molecule has 0 bridgehead atoms. The summed E-state index contributed by atoms with van der Waals surface area (Å²) in [6.45, 7) is 7.60. The smallest absolute Gasteiger partial charge is 0.121 e. The molecular weight excluding hydrogens is 238 g/mol. The molecule has 0 aliphatic carbocycles. The van der Waals surface area contributed by atoms with Crippen LogP contribution in [0.2, 0.25) is 0 Å². The molecule has 1 saturated heterocycles. The molecule has 0 amide bonds. The zero-order valence-corrected chi connectivity index (χ0v) is 12.4. The Morgan fingerprint density at radius 2 is 2.11 bits per heavy atom. The summed E-state index contributed by atoms with van der Waals surface area (Å²) in [6.07, 6.45) is 1.92. The van der Waals surface area contributed by atoms with E-state index in [4.69, 9.17) is 4.74 Å². The number of aryl methyl sites for hydroxylation is 1. The van der Waals surface area contributed by atoms with Crippen LogP contribution in [-0.2, 0) is 5.41 Å². The minimum atomic E-state index is -0.133. The first-order valence-electron chi connectivity index (χ1n) is 6.93. The Bertz CT molecular complexity index is 456. The van der Waals surface area contributed by atoms with Crippen molar-refractivity contribution in [3.05, 3.63) is 29.3 Å². The molecule has 1 aromatic rings. The second-order valence-corrected chi connectivity index (χ2v) is 6.36. The molecule has 3 nitrogen and oxygen atoms in total. The molecule has 106 valence electrons. The third kappa shape index (κ3) is 2.77. The molecule has 3 heteroatoms. The molecule has 0 spiro atoms. The van der Waals surface area contributed by atoms with Gasteiger partial charge in [-0.25, -0.2) is 0 Å². The van der Waals surface area contributed by atoms with Crippen LogP contribution in [0.5, 0.6) is 5.75 Å². The lowest BCUT2D eigenvalue weighted by Crippen LogP contribution is -2.54. The van der Waals surface area contributed by atoms with Crippen molar-refractivity contribution in [2.45, 2.75) is 44.6 Å². The maximum Gasteiger partial charge on any atom is 0.121 e. The van der Waals surface area contributed by atoms with Crippen LogP contribution >= 0.6 is 0 Å². The van der Waals surface area contributed by atoms with Gasteiger partial charge < -0.3 is 15.2 Å². The molecule has 1 aliphatic heterocycles. The van der Waals surface area contributed by atoms with E-state index < -0.39 is 0 Å². The number of aliphatic hydroxyl groups excluding tert-OH is 1. The molecule has 1 atom stereocenters. The Hall–Kier alpha value is -1.06. The fraction of sp³-hybridized carbons (Fsp3) is 0.625. The van der Waals surface area contributed by atoms with Crippen LogP contribution in [0, 0.1) is 6.92 Å². The average molecular weight is 263 g/mol. The summed E-state index contributed by atoms with van der Waals surface area (Å²) in [5, 5.41) is 13.5. The number of hydrogen-bond acceptors (Lipinski definition) is 3. The van der Waals surface area contributed by atoms with E-state index in [1.54, 1.807) is 7.11 Å². The Labute approximate surface area is 116 Å². The first-order valence-corrected chi connectivity index (χ1v) is 6.93.